The molecule has 0 bridgehead atoms. The van der Waals surface area contributed by atoms with Crippen LogP contribution in [0.2, 0.25) is 0 Å². The van der Waals surface area contributed by atoms with Gasteiger partial charge >= 0.3 is 0 Å². The van der Waals surface area contributed by atoms with Crippen LogP contribution in [-0.2, 0) is 16.0 Å². The Balaban J connectivity index is 1.79. The highest BCUT2D eigenvalue weighted by Crippen LogP contribution is 2.32. The van der Waals surface area contributed by atoms with Crippen LogP contribution in [0.5, 0.6) is 0 Å². The fraction of sp³-hybridized carbons (Fsp3) is 0.500. The summed E-state index contributed by atoms with van der Waals surface area (Å²) in [7, 11) is 0. The van der Waals surface area contributed by atoms with E-state index in [2.05, 4.69) is 5.32 Å². The summed E-state index contributed by atoms with van der Waals surface area (Å²) >= 11 is 0. The number of hydrogen-bond donors (Lipinski definition) is 1. The summed E-state index contributed by atoms with van der Waals surface area (Å²) in [5.74, 6) is 0.0859. The van der Waals surface area contributed by atoms with Crippen molar-refractivity contribution in [3.05, 3.63) is 35.9 Å². The Kier molecular flexibility index (Phi) is 3.47. The second-order valence-electron chi connectivity index (χ2n) is 5.65. The first kappa shape index (κ1) is 13.2. The van der Waals surface area contributed by atoms with Crippen molar-refractivity contribution < 1.29 is 9.59 Å². The molecule has 1 N–H and O–H groups in total. The van der Waals surface area contributed by atoms with Gasteiger partial charge in [0.2, 0.25) is 11.8 Å². The van der Waals surface area contributed by atoms with Gasteiger partial charge in [0.1, 0.15) is 12.1 Å². The highest BCUT2D eigenvalue weighted by molar-refractivity contribution is 5.97. The lowest BCUT2D eigenvalue weighted by atomic mass is 9.99. The summed E-state index contributed by atoms with van der Waals surface area (Å²) in [4.78, 5) is 26.7. The van der Waals surface area contributed by atoms with Crippen molar-refractivity contribution in [3.8, 4) is 0 Å². The molecule has 3 rings (SSSR count). The third-order valence-corrected chi connectivity index (χ3v) is 4.12. The molecule has 1 heterocycles. The first-order chi connectivity index (χ1) is 9.70. The number of carbonyl (C=O) groups is 2. The van der Waals surface area contributed by atoms with Crippen LogP contribution in [0.25, 0.3) is 0 Å². The third-order valence-electron chi connectivity index (χ3n) is 4.12. The van der Waals surface area contributed by atoms with Gasteiger partial charge in [0.15, 0.2) is 0 Å². The molecule has 0 spiro atoms. The monoisotopic (exact) mass is 272 g/mol. The molecule has 2 amide bonds. The smallest absolute Gasteiger partial charge is 0.246 e. The molecule has 1 saturated heterocycles. The highest BCUT2D eigenvalue weighted by Gasteiger charge is 2.46. The van der Waals surface area contributed by atoms with Crippen LogP contribution in [0.15, 0.2) is 30.3 Å². The largest absolute Gasteiger partial charge is 0.342 e. The van der Waals surface area contributed by atoms with Gasteiger partial charge < -0.3 is 10.2 Å². The molecule has 1 aliphatic carbocycles. The molecule has 106 valence electrons. The maximum absolute atomic E-state index is 12.6. The lowest BCUT2D eigenvalue weighted by molar-refractivity contribution is -0.150. The molecule has 1 aliphatic heterocycles. The standard InChI is InChI=1S/C16H20N2O2/c1-2-14-15(19)17-13(10-11-6-4-3-5-7-11)16(20)18(14)12-8-9-12/h3-7,12-14H,2,8-10H2,1H3,(H,17,19). The molecular weight excluding hydrogens is 252 g/mol. The first-order valence-corrected chi connectivity index (χ1v) is 7.37. The van der Waals surface area contributed by atoms with Crippen LogP contribution in [0, 0.1) is 0 Å². The average molecular weight is 272 g/mol. The number of nitrogens with one attached hydrogen (secondary N) is 1. The van der Waals surface area contributed by atoms with Gasteiger partial charge in [0.25, 0.3) is 0 Å². The van der Waals surface area contributed by atoms with Gasteiger partial charge in [-0.05, 0) is 24.8 Å². The Hall–Kier alpha value is -1.84. The molecule has 20 heavy (non-hydrogen) atoms. The number of amides is 2. The van der Waals surface area contributed by atoms with Crippen LogP contribution < -0.4 is 5.32 Å². The van der Waals surface area contributed by atoms with E-state index in [1.165, 1.54) is 0 Å². The van der Waals surface area contributed by atoms with Gasteiger partial charge in [0, 0.05) is 12.5 Å². The number of carbonyl (C=O) groups excluding carboxylic acids is 2. The fourth-order valence-electron chi connectivity index (χ4n) is 2.95. The minimum absolute atomic E-state index is 0.0000638. The molecule has 2 fully saturated rings. The Bertz CT molecular complexity index is 510. The Morgan fingerprint density at radius 3 is 2.50 bits per heavy atom. The van der Waals surface area contributed by atoms with Gasteiger partial charge in [-0.2, -0.15) is 0 Å². The molecule has 2 atom stereocenters. The first-order valence-electron chi connectivity index (χ1n) is 7.37. The quantitative estimate of drug-likeness (QED) is 0.903. The normalized spacial score (nSPS) is 26.6. The van der Waals surface area contributed by atoms with Crippen molar-refractivity contribution in [1.29, 1.82) is 0 Å². The van der Waals surface area contributed by atoms with Crippen molar-refractivity contribution in [2.75, 3.05) is 0 Å². The Morgan fingerprint density at radius 2 is 1.90 bits per heavy atom. The molecule has 0 radical (unpaired) electrons. The van der Waals surface area contributed by atoms with Gasteiger partial charge in [-0.1, -0.05) is 37.3 Å². The maximum Gasteiger partial charge on any atom is 0.246 e. The number of benzene rings is 1. The zero-order valence-electron chi connectivity index (χ0n) is 11.7. The Labute approximate surface area is 119 Å². The summed E-state index contributed by atoms with van der Waals surface area (Å²) in [6.07, 6.45) is 3.33. The second kappa shape index (κ2) is 5.27. The zero-order valence-corrected chi connectivity index (χ0v) is 11.7. The molecule has 1 aromatic rings. The zero-order chi connectivity index (χ0) is 14.1. The van der Waals surface area contributed by atoms with Crippen molar-refractivity contribution in [3.63, 3.8) is 0 Å². The molecule has 4 nitrogen and oxygen atoms in total. The van der Waals surface area contributed by atoms with Crippen molar-refractivity contribution in [2.24, 2.45) is 0 Å². The summed E-state index contributed by atoms with van der Waals surface area (Å²) < 4.78 is 0. The van der Waals surface area contributed by atoms with E-state index < -0.39 is 6.04 Å². The number of hydrogen-bond acceptors (Lipinski definition) is 2. The van der Waals surface area contributed by atoms with E-state index in [0.717, 1.165) is 18.4 Å². The van der Waals surface area contributed by atoms with Crippen molar-refractivity contribution >= 4 is 11.8 Å². The molecule has 4 heteroatoms. The molecule has 1 aromatic carbocycles. The van der Waals surface area contributed by atoms with Gasteiger partial charge in [-0.15, -0.1) is 0 Å². The van der Waals surface area contributed by atoms with Gasteiger partial charge in [-0.25, -0.2) is 0 Å². The van der Waals surface area contributed by atoms with Crippen LogP contribution in [0.4, 0.5) is 0 Å². The number of nitrogens with zero attached hydrogens (tertiary/aromatic N) is 1. The summed E-state index contributed by atoms with van der Waals surface area (Å²) in [5.41, 5.74) is 1.08. The van der Waals surface area contributed by atoms with Crippen LogP contribution in [0.1, 0.15) is 31.7 Å². The van der Waals surface area contributed by atoms with E-state index in [4.69, 9.17) is 0 Å². The predicted octanol–water partition coefficient (Wildman–Crippen LogP) is 1.50. The molecule has 1 saturated carbocycles. The van der Waals surface area contributed by atoms with E-state index in [0.29, 0.717) is 12.8 Å². The topological polar surface area (TPSA) is 49.4 Å². The minimum atomic E-state index is -0.409. The summed E-state index contributed by atoms with van der Waals surface area (Å²) in [5, 5.41) is 2.90. The van der Waals surface area contributed by atoms with E-state index in [1.807, 2.05) is 42.2 Å². The molecule has 2 aliphatic rings. The number of rotatable bonds is 4. The molecular formula is C16H20N2O2. The lowest BCUT2D eigenvalue weighted by Crippen LogP contribution is -2.64. The molecule has 2 unspecified atom stereocenters. The predicted molar refractivity (Wildman–Crippen MR) is 76.0 cm³/mol. The number of piperazine rings is 1. The summed E-state index contributed by atoms with van der Waals surface area (Å²) in [6, 6.07) is 9.45. The van der Waals surface area contributed by atoms with E-state index in [-0.39, 0.29) is 23.9 Å². The van der Waals surface area contributed by atoms with Gasteiger partial charge in [0.05, 0.1) is 0 Å². The van der Waals surface area contributed by atoms with Crippen LogP contribution in [0.3, 0.4) is 0 Å². The van der Waals surface area contributed by atoms with E-state index in [1.54, 1.807) is 0 Å². The average Bonchev–Trinajstić information content (AvgIpc) is 3.27. The Morgan fingerprint density at radius 1 is 1.20 bits per heavy atom. The van der Waals surface area contributed by atoms with E-state index >= 15 is 0 Å². The van der Waals surface area contributed by atoms with Gasteiger partial charge in [-0.3, -0.25) is 9.59 Å². The van der Waals surface area contributed by atoms with E-state index in [9.17, 15) is 9.59 Å². The minimum Gasteiger partial charge on any atom is -0.342 e. The SMILES string of the molecule is CCC1C(=O)NC(Cc2ccccc2)C(=O)N1C1CC1. The van der Waals surface area contributed by atoms with Crippen LogP contribution >= 0.6 is 0 Å². The van der Waals surface area contributed by atoms with Crippen LogP contribution in [-0.4, -0.2) is 34.8 Å². The third kappa shape index (κ3) is 2.42. The molecule has 0 aromatic heterocycles. The van der Waals surface area contributed by atoms with Crippen molar-refractivity contribution in [1.82, 2.24) is 10.2 Å². The summed E-state index contributed by atoms with van der Waals surface area (Å²) in [6.45, 7) is 1.96. The fourth-order valence-corrected chi connectivity index (χ4v) is 2.95. The van der Waals surface area contributed by atoms with Crippen molar-refractivity contribution in [2.45, 2.75) is 50.7 Å². The maximum atomic E-state index is 12.6. The second-order valence-corrected chi connectivity index (χ2v) is 5.65. The lowest BCUT2D eigenvalue weighted by Gasteiger charge is -2.39. The highest BCUT2D eigenvalue weighted by atomic mass is 16.2.